The van der Waals surface area contributed by atoms with Gasteiger partial charge < -0.3 is 9.74 Å². The predicted octanol–water partition coefficient (Wildman–Crippen LogP) is 1.39. The molecule has 0 fully saturated rings. The van der Waals surface area contributed by atoms with Gasteiger partial charge in [-0.25, -0.2) is 4.79 Å². The zero-order chi connectivity index (χ0) is 15.0. The molecular formula is C15H22N2O3. The Hall–Kier alpha value is -1.88. The summed E-state index contributed by atoms with van der Waals surface area (Å²) in [6, 6.07) is 9.30. The van der Waals surface area contributed by atoms with E-state index in [4.69, 9.17) is 4.84 Å². The monoisotopic (exact) mass is 278 g/mol. The number of carbonyl (C=O) groups is 2. The third kappa shape index (κ3) is 5.84. The molecule has 1 amide bonds. The van der Waals surface area contributed by atoms with E-state index in [0.29, 0.717) is 13.0 Å². The highest BCUT2D eigenvalue weighted by molar-refractivity contribution is 5.80. The summed E-state index contributed by atoms with van der Waals surface area (Å²) >= 11 is 0. The summed E-state index contributed by atoms with van der Waals surface area (Å²) in [4.78, 5) is 30.2. The van der Waals surface area contributed by atoms with Crippen LogP contribution in [0.15, 0.2) is 30.3 Å². The van der Waals surface area contributed by atoms with Gasteiger partial charge in [-0.1, -0.05) is 37.3 Å². The van der Waals surface area contributed by atoms with Crippen LogP contribution in [0.3, 0.4) is 0 Å². The Morgan fingerprint density at radius 1 is 1.25 bits per heavy atom. The number of hydroxylamine groups is 1. The van der Waals surface area contributed by atoms with Crippen LogP contribution in [0.5, 0.6) is 0 Å². The summed E-state index contributed by atoms with van der Waals surface area (Å²) in [7, 11) is 3.79. The molecule has 20 heavy (non-hydrogen) atoms. The average Bonchev–Trinajstić information content (AvgIpc) is 2.43. The lowest BCUT2D eigenvalue weighted by Crippen LogP contribution is -2.35. The van der Waals surface area contributed by atoms with Gasteiger partial charge in [0.2, 0.25) is 0 Å². The molecule has 0 saturated heterocycles. The van der Waals surface area contributed by atoms with E-state index < -0.39 is 5.97 Å². The van der Waals surface area contributed by atoms with Crippen molar-refractivity contribution in [3.63, 3.8) is 0 Å². The van der Waals surface area contributed by atoms with Crippen molar-refractivity contribution in [1.29, 1.82) is 0 Å². The van der Waals surface area contributed by atoms with Crippen LogP contribution in [-0.4, -0.2) is 37.4 Å². The number of benzene rings is 1. The smallest absolute Gasteiger partial charge is 0.336 e. The minimum Gasteiger partial charge on any atom is -0.340 e. The molecule has 5 heteroatoms. The zero-order valence-electron chi connectivity index (χ0n) is 12.3. The first-order valence-electron chi connectivity index (χ1n) is 6.71. The van der Waals surface area contributed by atoms with Gasteiger partial charge in [0.1, 0.15) is 0 Å². The van der Waals surface area contributed by atoms with Crippen molar-refractivity contribution in [3.05, 3.63) is 35.9 Å². The van der Waals surface area contributed by atoms with E-state index in [-0.39, 0.29) is 18.2 Å². The van der Waals surface area contributed by atoms with Crippen molar-refractivity contribution in [2.75, 3.05) is 20.6 Å². The lowest BCUT2D eigenvalue weighted by atomic mass is 10.1. The molecule has 0 aliphatic heterocycles. The Bertz CT molecular complexity index is 432. The number of amides is 1. The second kappa shape index (κ2) is 8.32. The van der Waals surface area contributed by atoms with Gasteiger partial charge in [0, 0.05) is 6.54 Å². The normalized spacial score (nSPS) is 12.0. The largest absolute Gasteiger partial charge is 0.340 e. The summed E-state index contributed by atoms with van der Waals surface area (Å²) < 4.78 is 0. The zero-order valence-corrected chi connectivity index (χ0v) is 12.3. The van der Waals surface area contributed by atoms with Crippen molar-refractivity contribution in [2.45, 2.75) is 19.8 Å². The summed E-state index contributed by atoms with van der Waals surface area (Å²) in [5, 5.41) is 0. The minimum absolute atomic E-state index is 0.193. The van der Waals surface area contributed by atoms with Crippen LogP contribution < -0.4 is 5.48 Å². The Labute approximate surface area is 119 Å². The van der Waals surface area contributed by atoms with Crippen LogP contribution in [0.4, 0.5) is 0 Å². The lowest BCUT2D eigenvalue weighted by molar-refractivity contribution is -0.162. The quantitative estimate of drug-likeness (QED) is 0.799. The first-order chi connectivity index (χ1) is 9.52. The maximum Gasteiger partial charge on any atom is 0.336 e. The van der Waals surface area contributed by atoms with Crippen LogP contribution >= 0.6 is 0 Å². The van der Waals surface area contributed by atoms with Gasteiger partial charge >= 0.3 is 5.97 Å². The minimum atomic E-state index is -0.400. The number of hydrogen-bond donors (Lipinski definition) is 1. The third-order valence-corrected chi connectivity index (χ3v) is 2.88. The molecule has 1 rings (SSSR count). The van der Waals surface area contributed by atoms with Crippen molar-refractivity contribution in [2.24, 2.45) is 5.92 Å². The molecule has 0 heterocycles. The molecule has 1 aromatic rings. The second-order valence-corrected chi connectivity index (χ2v) is 4.98. The van der Waals surface area contributed by atoms with Crippen molar-refractivity contribution >= 4 is 11.9 Å². The molecule has 0 aliphatic rings. The van der Waals surface area contributed by atoms with E-state index in [9.17, 15) is 9.59 Å². The van der Waals surface area contributed by atoms with Gasteiger partial charge in [-0.15, -0.1) is 0 Å². The summed E-state index contributed by atoms with van der Waals surface area (Å²) in [5.74, 6) is -0.964. The molecule has 0 aliphatic carbocycles. The highest BCUT2D eigenvalue weighted by Gasteiger charge is 2.20. The van der Waals surface area contributed by atoms with Gasteiger partial charge in [0.25, 0.3) is 5.91 Å². The molecule has 0 aromatic heterocycles. The molecule has 0 radical (unpaired) electrons. The van der Waals surface area contributed by atoms with E-state index in [0.717, 1.165) is 5.56 Å². The van der Waals surface area contributed by atoms with Gasteiger partial charge in [0.05, 0.1) is 12.3 Å². The Morgan fingerprint density at radius 2 is 1.90 bits per heavy atom. The number of carbonyl (C=O) groups excluding carboxylic acids is 2. The van der Waals surface area contributed by atoms with Crippen molar-refractivity contribution in [1.82, 2.24) is 10.4 Å². The predicted molar refractivity (Wildman–Crippen MR) is 76.7 cm³/mol. The fourth-order valence-corrected chi connectivity index (χ4v) is 1.82. The van der Waals surface area contributed by atoms with Gasteiger partial charge in [-0.2, -0.15) is 5.48 Å². The first kappa shape index (κ1) is 16.2. The Balaban J connectivity index is 2.38. The average molecular weight is 278 g/mol. The molecule has 0 bridgehead atoms. The highest BCUT2D eigenvalue weighted by atomic mass is 16.7. The molecule has 5 nitrogen and oxygen atoms in total. The number of hydrogen-bond acceptors (Lipinski definition) is 4. The summed E-state index contributed by atoms with van der Waals surface area (Å²) in [6.07, 6.45) is 0.865. The summed E-state index contributed by atoms with van der Waals surface area (Å²) in [5.41, 5.74) is 3.09. The van der Waals surface area contributed by atoms with Crippen LogP contribution in [0, 0.1) is 5.92 Å². The lowest BCUT2D eigenvalue weighted by Gasteiger charge is -2.17. The van der Waals surface area contributed by atoms with Gasteiger partial charge in [-0.3, -0.25) is 4.79 Å². The topological polar surface area (TPSA) is 58.6 Å². The molecular weight excluding hydrogens is 256 g/mol. The first-order valence-corrected chi connectivity index (χ1v) is 6.71. The molecule has 1 N–H and O–H groups in total. The molecule has 0 spiro atoms. The van der Waals surface area contributed by atoms with Gasteiger partial charge in [-0.05, 0) is 26.1 Å². The van der Waals surface area contributed by atoms with Crippen LogP contribution in [0.25, 0.3) is 0 Å². The molecule has 1 unspecified atom stereocenters. The van der Waals surface area contributed by atoms with Crippen LogP contribution in [0.2, 0.25) is 0 Å². The molecule has 1 atom stereocenters. The van der Waals surface area contributed by atoms with E-state index in [2.05, 4.69) is 5.48 Å². The Kier molecular flexibility index (Phi) is 6.73. The molecule has 0 saturated carbocycles. The van der Waals surface area contributed by atoms with Crippen molar-refractivity contribution in [3.8, 4) is 0 Å². The van der Waals surface area contributed by atoms with E-state index >= 15 is 0 Å². The molecule has 110 valence electrons. The SMILES string of the molecule is CCC(CN(C)C)C(=O)ONC(=O)Cc1ccccc1. The standard InChI is InChI=1S/C15H22N2O3/c1-4-13(11-17(2)3)15(19)20-16-14(18)10-12-8-6-5-7-9-12/h5-9,13H,4,10-11H2,1-3H3,(H,16,18). The maximum absolute atomic E-state index is 11.8. The van der Waals surface area contributed by atoms with Crippen LogP contribution in [-0.2, 0) is 20.8 Å². The number of rotatable bonds is 6. The fraction of sp³-hybridized carbons (Fsp3) is 0.467. The maximum atomic E-state index is 11.8. The second-order valence-electron chi connectivity index (χ2n) is 4.98. The van der Waals surface area contributed by atoms with E-state index in [1.807, 2.05) is 56.3 Å². The van der Waals surface area contributed by atoms with Crippen LogP contribution in [0.1, 0.15) is 18.9 Å². The number of nitrogens with one attached hydrogen (secondary N) is 1. The third-order valence-electron chi connectivity index (χ3n) is 2.88. The van der Waals surface area contributed by atoms with E-state index in [1.54, 1.807) is 0 Å². The summed E-state index contributed by atoms with van der Waals surface area (Å²) in [6.45, 7) is 2.52. The van der Waals surface area contributed by atoms with Crippen molar-refractivity contribution < 1.29 is 14.4 Å². The number of nitrogens with zero attached hydrogens (tertiary/aromatic N) is 1. The highest BCUT2D eigenvalue weighted by Crippen LogP contribution is 2.06. The molecule has 1 aromatic carbocycles. The Morgan fingerprint density at radius 3 is 2.45 bits per heavy atom. The van der Waals surface area contributed by atoms with Gasteiger partial charge in [0.15, 0.2) is 0 Å². The van der Waals surface area contributed by atoms with E-state index in [1.165, 1.54) is 0 Å². The fourth-order valence-electron chi connectivity index (χ4n) is 1.82.